The highest BCUT2D eigenvalue weighted by molar-refractivity contribution is 7.84. The van der Waals surface area contributed by atoms with E-state index in [9.17, 15) is 22.2 Å². The number of halogens is 3. The van der Waals surface area contributed by atoms with Gasteiger partial charge in [0.2, 0.25) is 0 Å². The van der Waals surface area contributed by atoms with E-state index in [1.54, 1.807) is 0 Å². The molecule has 0 aliphatic heterocycles. The first kappa shape index (κ1) is 16.9. The first-order chi connectivity index (χ1) is 11.2. The van der Waals surface area contributed by atoms with Crippen molar-refractivity contribution in [1.82, 2.24) is 5.16 Å². The zero-order valence-corrected chi connectivity index (χ0v) is 13.8. The summed E-state index contributed by atoms with van der Waals surface area (Å²) >= 11 is 0. The number of hydrogen-bond acceptors (Lipinski definition) is 4. The quantitative estimate of drug-likeness (QED) is 0.780. The van der Waals surface area contributed by atoms with E-state index in [2.05, 4.69) is 5.16 Å². The first-order valence-electron chi connectivity index (χ1n) is 7.25. The van der Waals surface area contributed by atoms with Crippen molar-refractivity contribution in [2.24, 2.45) is 0 Å². The topological polar surface area (TPSA) is 60.2 Å². The second-order valence-corrected chi connectivity index (χ2v) is 7.11. The number of aromatic nitrogens is 1. The van der Waals surface area contributed by atoms with Gasteiger partial charge in [-0.15, -0.1) is 0 Å². The highest BCUT2D eigenvalue weighted by Gasteiger charge is 2.37. The second-order valence-electron chi connectivity index (χ2n) is 5.81. The fourth-order valence-electron chi connectivity index (χ4n) is 2.55. The summed E-state index contributed by atoms with van der Waals surface area (Å²) in [4.78, 5) is 12.9. The SMILES string of the molecule is Cc1cc(C(F)(F)F)ccc1C(=O)c1c(S(C)=O)noc1C1CC1. The Morgan fingerprint density at radius 2 is 2.00 bits per heavy atom. The molecule has 1 aromatic heterocycles. The Balaban J connectivity index is 2.07. The summed E-state index contributed by atoms with van der Waals surface area (Å²) in [6.07, 6.45) is -1.40. The zero-order valence-electron chi connectivity index (χ0n) is 12.9. The fourth-order valence-corrected chi connectivity index (χ4v) is 3.17. The maximum absolute atomic E-state index is 12.9. The Bertz CT molecular complexity index is 838. The van der Waals surface area contributed by atoms with Gasteiger partial charge in [-0.2, -0.15) is 13.2 Å². The lowest BCUT2D eigenvalue weighted by atomic mass is 9.96. The number of benzene rings is 1. The molecule has 8 heteroatoms. The molecule has 1 unspecified atom stereocenters. The van der Waals surface area contributed by atoms with Gasteiger partial charge >= 0.3 is 6.18 Å². The number of alkyl halides is 3. The Labute approximate surface area is 138 Å². The molecular weight excluding hydrogens is 343 g/mol. The van der Waals surface area contributed by atoms with Crippen LogP contribution in [0.5, 0.6) is 0 Å². The summed E-state index contributed by atoms with van der Waals surface area (Å²) in [6.45, 7) is 1.44. The van der Waals surface area contributed by atoms with Crippen molar-refractivity contribution in [2.75, 3.05) is 6.26 Å². The number of carbonyl (C=O) groups is 1. The number of carbonyl (C=O) groups excluding carboxylic acids is 1. The Morgan fingerprint density at radius 1 is 1.33 bits per heavy atom. The lowest BCUT2D eigenvalue weighted by molar-refractivity contribution is -0.137. The van der Waals surface area contributed by atoms with Gasteiger partial charge in [0.1, 0.15) is 5.56 Å². The van der Waals surface area contributed by atoms with E-state index in [-0.39, 0.29) is 27.6 Å². The molecule has 0 amide bonds. The van der Waals surface area contributed by atoms with Crippen molar-refractivity contribution in [1.29, 1.82) is 0 Å². The zero-order chi connectivity index (χ0) is 17.6. The van der Waals surface area contributed by atoms with Crippen LogP contribution < -0.4 is 0 Å². The molecule has 1 saturated carbocycles. The van der Waals surface area contributed by atoms with E-state index >= 15 is 0 Å². The molecule has 3 rings (SSSR count). The summed E-state index contributed by atoms with van der Waals surface area (Å²) < 4.78 is 55.3. The predicted molar refractivity (Wildman–Crippen MR) is 80.4 cm³/mol. The Morgan fingerprint density at radius 3 is 2.50 bits per heavy atom. The number of aryl methyl sites for hydroxylation is 1. The standard InChI is InChI=1S/C16H14F3NO3S/c1-8-7-10(16(17,18)19)5-6-11(8)13(21)12-14(9-3-4-9)23-20-15(12)24(2)22/h5-7,9H,3-4H2,1-2H3. The molecule has 1 aliphatic rings. The van der Waals surface area contributed by atoms with Gasteiger partial charge in [-0.25, -0.2) is 0 Å². The molecule has 1 atom stereocenters. The van der Waals surface area contributed by atoms with E-state index in [0.29, 0.717) is 5.76 Å². The molecule has 1 fully saturated rings. The predicted octanol–water partition coefficient (Wildman–Crippen LogP) is 3.85. The van der Waals surface area contributed by atoms with E-state index in [1.807, 2.05) is 0 Å². The van der Waals surface area contributed by atoms with Crippen LogP contribution in [0.1, 0.15) is 51.6 Å². The average molecular weight is 357 g/mol. The third-order valence-electron chi connectivity index (χ3n) is 3.93. The van der Waals surface area contributed by atoms with Gasteiger partial charge in [-0.1, -0.05) is 11.2 Å². The van der Waals surface area contributed by atoms with Crippen LogP contribution in [-0.4, -0.2) is 21.4 Å². The van der Waals surface area contributed by atoms with Crippen LogP contribution in [0, 0.1) is 6.92 Å². The number of ketones is 1. The van der Waals surface area contributed by atoms with E-state index in [0.717, 1.165) is 31.0 Å². The van der Waals surface area contributed by atoms with Crippen molar-refractivity contribution in [2.45, 2.75) is 36.9 Å². The van der Waals surface area contributed by atoms with Crippen molar-refractivity contribution in [3.63, 3.8) is 0 Å². The lowest BCUT2D eigenvalue weighted by Gasteiger charge is -2.10. The summed E-state index contributed by atoms with van der Waals surface area (Å²) in [7, 11) is -1.53. The molecule has 0 radical (unpaired) electrons. The minimum atomic E-state index is -4.47. The van der Waals surface area contributed by atoms with Gasteiger partial charge in [0.25, 0.3) is 0 Å². The maximum atomic E-state index is 12.9. The molecule has 4 nitrogen and oxygen atoms in total. The minimum Gasteiger partial charge on any atom is -0.359 e. The summed E-state index contributed by atoms with van der Waals surface area (Å²) in [5, 5.41) is 3.78. The van der Waals surface area contributed by atoms with Crippen LogP contribution in [0.4, 0.5) is 13.2 Å². The smallest absolute Gasteiger partial charge is 0.359 e. The van der Waals surface area contributed by atoms with Crippen LogP contribution in [0.3, 0.4) is 0 Å². The molecule has 24 heavy (non-hydrogen) atoms. The van der Waals surface area contributed by atoms with Gasteiger partial charge < -0.3 is 4.52 Å². The molecule has 2 aromatic rings. The summed E-state index contributed by atoms with van der Waals surface area (Å²) in [5.41, 5.74) is -0.366. The maximum Gasteiger partial charge on any atom is 0.416 e. The molecule has 0 bridgehead atoms. The van der Waals surface area contributed by atoms with Gasteiger partial charge in [0.15, 0.2) is 16.6 Å². The van der Waals surface area contributed by atoms with Crippen LogP contribution >= 0.6 is 0 Å². The van der Waals surface area contributed by atoms with Gasteiger partial charge in [0.05, 0.1) is 16.4 Å². The van der Waals surface area contributed by atoms with E-state index in [1.165, 1.54) is 13.2 Å². The summed E-state index contributed by atoms with van der Waals surface area (Å²) in [5.74, 6) is -0.0671. The fraction of sp³-hybridized carbons (Fsp3) is 0.375. The molecule has 0 N–H and O–H groups in total. The Hall–Kier alpha value is -1.96. The van der Waals surface area contributed by atoms with Crippen molar-refractivity contribution in [3.05, 3.63) is 46.2 Å². The second kappa shape index (κ2) is 5.84. The van der Waals surface area contributed by atoms with Crippen molar-refractivity contribution >= 4 is 16.6 Å². The van der Waals surface area contributed by atoms with E-state index in [4.69, 9.17) is 4.52 Å². The highest BCUT2D eigenvalue weighted by atomic mass is 32.2. The highest BCUT2D eigenvalue weighted by Crippen LogP contribution is 2.43. The molecule has 0 saturated heterocycles. The van der Waals surface area contributed by atoms with Crippen molar-refractivity contribution < 1.29 is 26.7 Å². The third-order valence-corrected chi connectivity index (χ3v) is 4.76. The molecule has 1 heterocycles. The molecule has 0 spiro atoms. The lowest BCUT2D eigenvalue weighted by Crippen LogP contribution is -2.11. The van der Waals surface area contributed by atoms with Gasteiger partial charge in [-0.3, -0.25) is 9.00 Å². The average Bonchev–Trinajstić information content (AvgIpc) is 3.23. The molecule has 128 valence electrons. The molecule has 1 aliphatic carbocycles. The van der Waals surface area contributed by atoms with Gasteiger partial charge in [-0.05, 0) is 37.5 Å². The first-order valence-corrected chi connectivity index (χ1v) is 8.81. The molecular formula is C16H14F3NO3S. The Kier molecular flexibility index (Phi) is 4.11. The van der Waals surface area contributed by atoms with Gasteiger partial charge in [0, 0.05) is 17.7 Å². The summed E-state index contributed by atoms with van der Waals surface area (Å²) in [6, 6.07) is 2.94. The largest absolute Gasteiger partial charge is 0.416 e. The third kappa shape index (κ3) is 3.02. The molecule has 1 aromatic carbocycles. The van der Waals surface area contributed by atoms with Crippen LogP contribution in [0.2, 0.25) is 0 Å². The normalized spacial score (nSPS) is 16.2. The van der Waals surface area contributed by atoms with Crippen LogP contribution in [0.15, 0.2) is 27.7 Å². The monoisotopic (exact) mass is 357 g/mol. The number of rotatable bonds is 4. The minimum absolute atomic E-state index is 0.0428. The van der Waals surface area contributed by atoms with E-state index < -0.39 is 28.3 Å². The van der Waals surface area contributed by atoms with Crippen LogP contribution in [0.25, 0.3) is 0 Å². The number of nitrogens with zero attached hydrogens (tertiary/aromatic N) is 1. The van der Waals surface area contributed by atoms with Crippen molar-refractivity contribution in [3.8, 4) is 0 Å². The number of hydrogen-bond donors (Lipinski definition) is 0. The van der Waals surface area contributed by atoms with Crippen LogP contribution in [-0.2, 0) is 17.0 Å².